The van der Waals surface area contributed by atoms with Gasteiger partial charge in [-0.15, -0.1) is 0 Å². The normalized spacial score (nSPS) is 24.0. The highest BCUT2D eigenvalue weighted by atomic mass is 16.5. The molecule has 164 valence electrons. The van der Waals surface area contributed by atoms with Gasteiger partial charge in [0.15, 0.2) is 0 Å². The van der Waals surface area contributed by atoms with E-state index in [1.54, 1.807) is 0 Å². The second-order valence-electron chi connectivity index (χ2n) is 9.31. The van der Waals surface area contributed by atoms with Crippen molar-refractivity contribution < 1.29 is 9.53 Å². The average molecular weight is 396 g/mol. The highest BCUT2D eigenvalue weighted by Crippen LogP contribution is 2.28. The Morgan fingerprint density at radius 2 is 1.61 bits per heavy atom. The second kappa shape index (κ2) is 12.1. The van der Waals surface area contributed by atoms with Gasteiger partial charge in [-0.05, 0) is 31.6 Å². The van der Waals surface area contributed by atoms with Gasteiger partial charge in [0.2, 0.25) is 5.91 Å². The third-order valence-electron chi connectivity index (χ3n) is 6.60. The lowest BCUT2D eigenvalue weighted by Crippen LogP contribution is -2.51. The molecule has 0 aromatic rings. The van der Waals surface area contributed by atoms with E-state index >= 15 is 0 Å². The van der Waals surface area contributed by atoms with E-state index in [0.717, 1.165) is 31.9 Å². The van der Waals surface area contributed by atoms with Crippen molar-refractivity contribution in [2.75, 3.05) is 52.9 Å². The third-order valence-corrected chi connectivity index (χ3v) is 6.60. The molecule has 0 N–H and O–H groups in total. The number of ether oxygens (including phenoxy) is 1. The number of carbonyl (C=O) groups excluding carboxylic acids is 1. The molecule has 0 aromatic carbocycles. The predicted molar refractivity (Wildman–Crippen MR) is 117 cm³/mol. The summed E-state index contributed by atoms with van der Waals surface area (Å²) < 4.78 is 6.06. The largest absolute Gasteiger partial charge is 0.377 e. The number of piperazine rings is 1. The number of rotatable bonds is 12. The monoisotopic (exact) mass is 395 g/mol. The van der Waals surface area contributed by atoms with Gasteiger partial charge in [0.1, 0.15) is 0 Å². The number of carbonyl (C=O) groups is 1. The molecule has 2 fully saturated rings. The van der Waals surface area contributed by atoms with E-state index in [9.17, 15) is 4.79 Å². The lowest BCUT2D eigenvalue weighted by molar-refractivity contribution is -0.140. The van der Waals surface area contributed by atoms with Crippen LogP contribution in [0.1, 0.15) is 66.2 Å². The van der Waals surface area contributed by atoms with Gasteiger partial charge in [0.05, 0.1) is 12.7 Å². The molecule has 1 aliphatic heterocycles. The zero-order valence-corrected chi connectivity index (χ0v) is 19.2. The lowest BCUT2D eigenvalue weighted by atomic mass is 9.87. The smallest absolute Gasteiger partial charge is 0.225 e. The number of hydrogen-bond donors (Lipinski definition) is 0. The molecule has 0 spiro atoms. The van der Waals surface area contributed by atoms with E-state index in [4.69, 9.17) is 4.74 Å². The highest BCUT2D eigenvalue weighted by Gasteiger charge is 2.35. The summed E-state index contributed by atoms with van der Waals surface area (Å²) in [4.78, 5) is 19.2. The number of amides is 1. The molecule has 0 bridgehead atoms. The van der Waals surface area contributed by atoms with Crippen LogP contribution < -0.4 is 0 Å². The summed E-state index contributed by atoms with van der Waals surface area (Å²) in [5.74, 6) is 1.22. The minimum atomic E-state index is 0.0860. The number of hydrogen-bond acceptors (Lipinski definition) is 4. The first-order valence-electron chi connectivity index (χ1n) is 11.8. The zero-order valence-electron chi connectivity index (χ0n) is 19.2. The molecule has 0 atom stereocenters. The fourth-order valence-corrected chi connectivity index (χ4v) is 4.63. The van der Waals surface area contributed by atoms with Crippen molar-refractivity contribution >= 4 is 5.91 Å². The van der Waals surface area contributed by atoms with Crippen molar-refractivity contribution in [3.63, 3.8) is 0 Å². The van der Waals surface area contributed by atoms with Gasteiger partial charge in [-0.1, -0.05) is 40.5 Å². The van der Waals surface area contributed by atoms with E-state index in [1.807, 2.05) is 25.8 Å². The van der Waals surface area contributed by atoms with Gasteiger partial charge in [0, 0.05) is 58.3 Å². The van der Waals surface area contributed by atoms with Crippen LogP contribution >= 0.6 is 0 Å². The van der Waals surface area contributed by atoms with Gasteiger partial charge in [0.25, 0.3) is 0 Å². The van der Waals surface area contributed by atoms with Crippen molar-refractivity contribution in [1.82, 2.24) is 14.7 Å². The van der Waals surface area contributed by atoms with Crippen LogP contribution in [0.4, 0.5) is 0 Å². The zero-order chi connectivity index (χ0) is 20.5. The first-order chi connectivity index (χ1) is 13.4. The summed E-state index contributed by atoms with van der Waals surface area (Å²) in [7, 11) is 1.94. The predicted octanol–water partition coefficient (Wildman–Crippen LogP) is 3.48. The molecule has 0 unspecified atom stereocenters. The Balaban J connectivity index is 1.54. The van der Waals surface area contributed by atoms with Gasteiger partial charge in [-0.2, -0.15) is 0 Å². The molecule has 1 heterocycles. The molecule has 5 nitrogen and oxygen atoms in total. The van der Waals surface area contributed by atoms with Gasteiger partial charge < -0.3 is 14.5 Å². The SMILES string of the molecule is CCCC(CCC)CN1CCN(CCOC2CC(N(C)C(=O)C(C)C)C2)CC1. The molecule has 2 rings (SSSR count). The van der Waals surface area contributed by atoms with Crippen molar-refractivity contribution in [2.24, 2.45) is 11.8 Å². The molecule has 0 aromatic heterocycles. The third kappa shape index (κ3) is 7.31. The molecule has 1 amide bonds. The molecule has 28 heavy (non-hydrogen) atoms. The minimum Gasteiger partial charge on any atom is -0.377 e. The summed E-state index contributed by atoms with van der Waals surface area (Å²) in [5.41, 5.74) is 0. The Morgan fingerprint density at radius 3 is 2.14 bits per heavy atom. The van der Waals surface area contributed by atoms with E-state index in [0.29, 0.717) is 12.1 Å². The van der Waals surface area contributed by atoms with Crippen LogP contribution in [0.3, 0.4) is 0 Å². The van der Waals surface area contributed by atoms with Crippen LogP contribution in [0.15, 0.2) is 0 Å². The molecule has 1 aliphatic carbocycles. The average Bonchev–Trinajstić information content (AvgIpc) is 2.64. The van der Waals surface area contributed by atoms with Crippen LogP contribution in [0, 0.1) is 11.8 Å². The maximum Gasteiger partial charge on any atom is 0.225 e. The first-order valence-corrected chi connectivity index (χ1v) is 11.8. The highest BCUT2D eigenvalue weighted by molar-refractivity contribution is 5.78. The Bertz CT molecular complexity index is 437. The minimum absolute atomic E-state index is 0.0860. The maximum absolute atomic E-state index is 12.0. The van der Waals surface area contributed by atoms with E-state index in [-0.39, 0.29) is 11.8 Å². The molecular formula is C23H45N3O2. The van der Waals surface area contributed by atoms with Crippen LogP contribution in [0.25, 0.3) is 0 Å². The Hall–Kier alpha value is -0.650. The lowest BCUT2D eigenvalue weighted by Gasteiger charge is -2.42. The summed E-state index contributed by atoms with van der Waals surface area (Å²) >= 11 is 0. The fourth-order valence-electron chi connectivity index (χ4n) is 4.63. The molecule has 5 heteroatoms. The summed E-state index contributed by atoms with van der Waals surface area (Å²) in [6, 6.07) is 0.377. The van der Waals surface area contributed by atoms with E-state index < -0.39 is 0 Å². The van der Waals surface area contributed by atoms with Crippen LogP contribution in [0.2, 0.25) is 0 Å². The fraction of sp³-hybridized carbons (Fsp3) is 0.957. The van der Waals surface area contributed by atoms with Crippen LogP contribution in [-0.2, 0) is 9.53 Å². The first kappa shape index (κ1) is 23.6. The molecular weight excluding hydrogens is 350 g/mol. The van der Waals surface area contributed by atoms with E-state index in [1.165, 1.54) is 58.4 Å². The molecule has 1 saturated carbocycles. The van der Waals surface area contributed by atoms with Crippen molar-refractivity contribution in [3.8, 4) is 0 Å². The Labute approximate surface area is 173 Å². The molecule has 1 saturated heterocycles. The quantitative estimate of drug-likeness (QED) is 0.507. The Morgan fingerprint density at radius 1 is 1.04 bits per heavy atom. The standard InChI is InChI=1S/C23H45N3O2/c1-6-8-20(9-7-2)18-26-12-10-25(11-13-26)14-15-28-22-16-21(17-22)24(5)23(27)19(3)4/h19-22H,6-18H2,1-5H3. The van der Waals surface area contributed by atoms with Crippen LogP contribution in [-0.4, -0.2) is 85.7 Å². The molecule has 0 radical (unpaired) electrons. The van der Waals surface area contributed by atoms with Crippen LogP contribution in [0.5, 0.6) is 0 Å². The summed E-state index contributed by atoms with van der Waals surface area (Å²) in [6.45, 7) is 16.5. The number of nitrogens with zero attached hydrogens (tertiary/aromatic N) is 3. The van der Waals surface area contributed by atoms with Crippen molar-refractivity contribution in [2.45, 2.75) is 78.4 Å². The van der Waals surface area contributed by atoms with E-state index in [2.05, 4.69) is 23.6 Å². The van der Waals surface area contributed by atoms with Gasteiger partial charge in [-0.3, -0.25) is 9.69 Å². The second-order valence-corrected chi connectivity index (χ2v) is 9.31. The Kier molecular flexibility index (Phi) is 10.2. The summed E-state index contributed by atoms with van der Waals surface area (Å²) in [5, 5.41) is 0. The van der Waals surface area contributed by atoms with Crippen molar-refractivity contribution in [3.05, 3.63) is 0 Å². The topological polar surface area (TPSA) is 36.0 Å². The maximum atomic E-state index is 12.0. The summed E-state index contributed by atoms with van der Waals surface area (Å²) in [6.07, 6.45) is 7.72. The molecule has 2 aliphatic rings. The van der Waals surface area contributed by atoms with Crippen molar-refractivity contribution in [1.29, 1.82) is 0 Å². The van der Waals surface area contributed by atoms with Gasteiger partial charge >= 0.3 is 0 Å². The van der Waals surface area contributed by atoms with Gasteiger partial charge in [-0.25, -0.2) is 0 Å².